The van der Waals surface area contributed by atoms with Crippen LogP contribution in [0.15, 0.2) is 41.4 Å². The molecule has 27 heavy (non-hydrogen) atoms. The maximum atomic E-state index is 13.0. The van der Waals surface area contributed by atoms with Gasteiger partial charge in [-0.3, -0.25) is 4.79 Å². The molecule has 2 heterocycles. The second-order valence-corrected chi connectivity index (χ2v) is 9.09. The Morgan fingerprint density at radius 3 is 2.74 bits per heavy atom. The number of piperidine rings is 1. The van der Waals surface area contributed by atoms with E-state index in [0.29, 0.717) is 17.9 Å². The third-order valence-electron chi connectivity index (χ3n) is 4.85. The van der Waals surface area contributed by atoms with Crippen LogP contribution in [-0.4, -0.2) is 41.0 Å². The molecule has 8 heteroatoms. The summed E-state index contributed by atoms with van der Waals surface area (Å²) in [7, 11) is -3.62. The Bertz CT molecular complexity index is 921. The number of nitrogens with one attached hydrogen (secondary N) is 1. The fraction of sp³-hybridized carbons (Fsp3) is 0.474. The summed E-state index contributed by atoms with van der Waals surface area (Å²) >= 11 is 0. The molecule has 0 aliphatic carbocycles. The van der Waals surface area contributed by atoms with Gasteiger partial charge in [0.15, 0.2) is 0 Å². The van der Waals surface area contributed by atoms with Gasteiger partial charge in [-0.15, -0.1) is 0 Å². The van der Waals surface area contributed by atoms with E-state index in [0.717, 1.165) is 19.3 Å². The van der Waals surface area contributed by atoms with Gasteiger partial charge in [0.2, 0.25) is 10.0 Å². The molecule has 0 saturated carbocycles. The van der Waals surface area contributed by atoms with E-state index in [2.05, 4.69) is 10.4 Å². The normalized spacial score (nSPS) is 18.6. The molecular weight excluding hydrogens is 364 g/mol. The maximum Gasteiger partial charge on any atom is 0.256 e. The van der Waals surface area contributed by atoms with Gasteiger partial charge in [0.1, 0.15) is 5.82 Å². The van der Waals surface area contributed by atoms with Gasteiger partial charge in [-0.1, -0.05) is 12.5 Å². The summed E-state index contributed by atoms with van der Waals surface area (Å²) in [6.07, 6.45) is 4.38. The minimum Gasteiger partial charge on any atom is -0.307 e. The standard InChI is InChI=1S/C19H26N4O3S/c1-14(2)23-18(10-11-20-23)21-19(24)16-8-6-9-17(13-16)27(25,26)22-12-5-4-7-15(22)3/h6,8-11,13-15H,4-5,7,12H2,1-3H3,(H,21,24). The number of hydrogen-bond acceptors (Lipinski definition) is 4. The van der Waals surface area contributed by atoms with Crippen molar-refractivity contribution in [2.75, 3.05) is 11.9 Å². The predicted octanol–water partition coefficient (Wildman–Crippen LogP) is 3.28. The van der Waals surface area contributed by atoms with Gasteiger partial charge in [-0.05, 0) is 51.8 Å². The first kappa shape index (κ1) is 19.6. The first-order valence-electron chi connectivity index (χ1n) is 9.27. The average Bonchev–Trinajstić information content (AvgIpc) is 3.10. The van der Waals surface area contributed by atoms with E-state index < -0.39 is 10.0 Å². The van der Waals surface area contributed by atoms with Gasteiger partial charge in [-0.25, -0.2) is 13.1 Å². The number of carbonyl (C=O) groups excluding carboxylic acids is 1. The van der Waals surface area contributed by atoms with E-state index in [1.807, 2.05) is 20.8 Å². The van der Waals surface area contributed by atoms with E-state index >= 15 is 0 Å². The molecule has 1 aromatic heterocycles. The Kier molecular flexibility index (Phi) is 5.67. The molecule has 3 rings (SSSR count). The summed E-state index contributed by atoms with van der Waals surface area (Å²) in [5.74, 6) is 0.217. The molecule has 1 amide bonds. The lowest BCUT2D eigenvalue weighted by atomic mass is 10.1. The molecule has 0 bridgehead atoms. The minimum atomic E-state index is -3.62. The highest BCUT2D eigenvalue weighted by Gasteiger charge is 2.31. The van der Waals surface area contributed by atoms with Crippen LogP contribution >= 0.6 is 0 Å². The minimum absolute atomic E-state index is 0.0263. The van der Waals surface area contributed by atoms with Crippen molar-refractivity contribution < 1.29 is 13.2 Å². The monoisotopic (exact) mass is 390 g/mol. The highest BCUT2D eigenvalue weighted by molar-refractivity contribution is 7.89. The number of nitrogens with zero attached hydrogens (tertiary/aromatic N) is 3. The lowest BCUT2D eigenvalue weighted by Gasteiger charge is -2.32. The van der Waals surface area contributed by atoms with Crippen molar-refractivity contribution in [1.82, 2.24) is 14.1 Å². The molecule has 1 saturated heterocycles. The lowest BCUT2D eigenvalue weighted by molar-refractivity contribution is 0.102. The molecule has 146 valence electrons. The molecule has 0 spiro atoms. The van der Waals surface area contributed by atoms with Crippen molar-refractivity contribution in [3.63, 3.8) is 0 Å². The van der Waals surface area contributed by atoms with Crippen LogP contribution in [0.25, 0.3) is 0 Å². The van der Waals surface area contributed by atoms with E-state index in [9.17, 15) is 13.2 Å². The number of aromatic nitrogens is 2. The SMILES string of the molecule is CC1CCCCN1S(=O)(=O)c1cccc(C(=O)Nc2ccnn2C(C)C)c1. The number of amides is 1. The van der Waals surface area contributed by atoms with Gasteiger partial charge >= 0.3 is 0 Å². The third-order valence-corrected chi connectivity index (χ3v) is 6.86. The molecule has 1 aliphatic rings. The Hall–Kier alpha value is -2.19. The van der Waals surface area contributed by atoms with E-state index in [4.69, 9.17) is 0 Å². The zero-order chi connectivity index (χ0) is 19.6. The smallest absolute Gasteiger partial charge is 0.256 e. The molecule has 1 atom stereocenters. The van der Waals surface area contributed by atoms with Gasteiger partial charge in [0, 0.05) is 30.3 Å². The predicted molar refractivity (Wildman–Crippen MR) is 104 cm³/mol. The number of anilines is 1. The summed E-state index contributed by atoms with van der Waals surface area (Å²) in [5.41, 5.74) is 0.303. The van der Waals surface area contributed by atoms with Crippen molar-refractivity contribution >= 4 is 21.7 Å². The van der Waals surface area contributed by atoms with Crippen LogP contribution in [0.1, 0.15) is 56.4 Å². The van der Waals surface area contributed by atoms with Gasteiger partial charge in [-0.2, -0.15) is 9.40 Å². The van der Waals surface area contributed by atoms with Crippen molar-refractivity contribution in [3.05, 3.63) is 42.1 Å². The first-order valence-corrected chi connectivity index (χ1v) is 10.7. The molecule has 1 fully saturated rings. The van der Waals surface area contributed by atoms with Crippen LogP contribution < -0.4 is 5.32 Å². The zero-order valence-electron chi connectivity index (χ0n) is 15.9. The quantitative estimate of drug-likeness (QED) is 0.849. The highest BCUT2D eigenvalue weighted by Crippen LogP contribution is 2.26. The Balaban J connectivity index is 1.84. The molecule has 1 aliphatic heterocycles. The van der Waals surface area contributed by atoms with E-state index in [1.54, 1.807) is 39.4 Å². The summed E-state index contributed by atoms with van der Waals surface area (Å²) in [6, 6.07) is 8.01. The Labute approximate surface area is 160 Å². The number of sulfonamides is 1. The van der Waals surface area contributed by atoms with Crippen LogP contribution in [0.3, 0.4) is 0 Å². The number of hydrogen-bond donors (Lipinski definition) is 1. The topological polar surface area (TPSA) is 84.3 Å². The summed E-state index contributed by atoms with van der Waals surface area (Å²) < 4.78 is 29.3. The summed E-state index contributed by atoms with van der Waals surface area (Å²) in [4.78, 5) is 12.8. The molecule has 7 nitrogen and oxygen atoms in total. The van der Waals surface area contributed by atoms with Crippen molar-refractivity contribution in [2.45, 2.75) is 57.0 Å². The fourth-order valence-corrected chi connectivity index (χ4v) is 5.12. The van der Waals surface area contributed by atoms with Gasteiger partial charge < -0.3 is 5.32 Å². The summed E-state index contributed by atoms with van der Waals surface area (Å²) in [6.45, 7) is 6.39. The van der Waals surface area contributed by atoms with Crippen molar-refractivity contribution in [1.29, 1.82) is 0 Å². The second kappa shape index (κ2) is 7.82. The molecule has 1 unspecified atom stereocenters. The molecule has 0 radical (unpaired) electrons. The maximum absolute atomic E-state index is 13.0. The first-order chi connectivity index (χ1) is 12.8. The second-order valence-electron chi connectivity index (χ2n) is 7.20. The van der Waals surface area contributed by atoms with Crippen molar-refractivity contribution in [3.8, 4) is 0 Å². The molecule has 1 aromatic carbocycles. The van der Waals surface area contributed by atoms with Gasteiger partial charge in [0.25, 0.3) is 5.91 Å². The van der Waals surface area contributed by atoms with Crippen LogP contribution in [0, 0.1) is 0 Å². The van der Waals surface area contributed by atoms with Crippen LogP contribution in [0.5, 0.6) is 0 Å². The fourth-order valence-electron chi connectivity index (χ4n) is 3.38. The summed E-state index contributed by atoms with van der Waals surface area (Å²) in [5, 5.41) is 7.00. The molecule has 1 N–H and O–H groups in total. The van der Waals surface area contributed by atoms with Crippen molar-refractivity contribution in [2.24, 2.45) is 0 Å². The number of benzene rings is 1. The number of carbonyl (C=O) groups is 1. The number of rotatable bonds is 5. The highest BCUT2D eigenvalue weighted by atomic mass is 32.2. The lowest BCUT2D eigenvalue weighted by Crippen LogP contribution is -2.41. The van der Waals surface area contributed by atoms with Crippen LogP contribution in [0.2, 0.25) is 0 Å². The third kappa shape index (κ3) is 4.06. The van der Waals surface area contributed by atoms with Gasteiger partial charge in [0.05, 0.1) is 11.1 Å². The molecular formula is C19H26N4O3S. The Morgan fingerprint density at radius 2 is 2.04 bits per heavy atom. The average molecular weight is 391 g/mol. The molecule has 2 aromatic rings. The zero-order valence-corrected chi connectivity index (χ0v) is 16.7. The van der Waals surface area contributed by atoms with Crippen LogP contribution in [-0.2, 0) is 10.0 Å². The van der Waals surface area contributed by atoms with Crippen LogP contribution in [0.4, 0.5) is 5.82 Å². The Morgan fingerprint density at radius 1 is 1.26 bits per heavy atom. The largest absolute Gasteiger partial charge is 0.307 e. The van der Waals surface area contributed by atoms with E-state index in [1.165, 1.54) is 6.07 Å². The van der Waals surface area contributed by atoms with E-state index in [-0.39, 0.29) is 22.9 Å².